The summed E-state index contributed by atoms with van der Waals surface area (Å²) < 4.78 is 26.0. The van der Waals surface area contributed by atoms with Crippen molar-refractivity contribution in [3.63, 3.8) is 0 Å². The van der Waals surface area contributed by atoms with Crippen molar-refractivity contribution in [3.05, 3.63) is 59.0 Å². The van der Waals surface area contributed by atoms with Crippen LogP contribution in [0.15, 0.2) is 41.3 Å². The topological polar surface area (TPSA) is 65.4 Å². The molecule has 1 aromatic heterocycles. The molecule has 0 aliphatic carbocycles. The van der Waals surface area contributed by atoms with Gasteiger partial charge in [0.1, 0.15) is 17.3 Å². The highest BCUT2D eigenvalue weighted by atomic mass is 32.2. The Balaban J connectivity index is 1.61. The minimum Gasteiger partial charge on any atom is -0.497 e. The Morgan fingerprint density at radius 1 is 1.24 bits per heavy atom. The molecular formula is C21H20FN3O3S. The molecule has 0 saturated carbocycles. The fraction of sp³-hybridized carbons (Fsp3) is 0.238. The number of hydrogen-bond acceptors (Lipinski definition) is 5. The van der Waals surface area contributed by atoms with Gasteiger partial charge in [-0.05, 0) is 36.4 Å². The van der Waals surface area contributed by atoms with Crippen LogP contribution in [0, 0.1) is 5.82 Å². The number of nitrogens with zero attached hydrogens (tertiary/aromatic N) is 2. The van der Waals surface area contributed by atoms with Crippen LogP contribution in [0.1, 0.15) is 21.6 Å². The molecule has 150 valence electrons. The van der Waals surface area contributed by atoms with E-state index in [0.29, 0.717) is 22.9 Å². The maximum atomic E-state index is 13.8. The van der Waals surface area contributed by atoms with Crippen molar-refractivity contribution in [1.82, 2.24) is 15.1 Å². The average molecular weight is 413 g/mol. The highest BCUT2D eigenvalue weighted by Crippen LogP contribution is 2.42. The van der Waals surface area contributed by atoms with Crippen LogP contribution in [0.25, 0.3) is 11.3 Å². The summed E-state index contributed by atoms with van der Waals surface area (Å²) in [5.74, 6) is 1.35. The molecule has 2 aromatic carbocycles. The van der Waals surface area contributed by atoms with E-state index in [9.17, 15) is 9.18 Å². The number of amides is 1. The van der Waals surface area contributed by atoms with Crippen LogP contribution in [-0.2, 0) is 19.3 Å². The molecule has 0 radical (unpaired) electrons. The molecule has 1 N–H and O–H groups in total. The first-order valence-electron chi connectivity index (χ1n) is 8.99. The summed E-state index contributed by atoms with van der Waals surface area (Å²) in [6, 6.07) is 10.1. The monoisotopic (exact) mass is 413 g/mol. The second-order valence-electron chi connectivity index (χ2n) is 6.59. The summed E-state index contributed by atoms with van der Waals surface area (Å²) in [4.78, 5) is 13.9. The first kappa shape index (κ1) is 19.3. The maximum absolute atomic E-state index is 13.8. The lowest BCUT2D eigenvalue weighted by molar-refractivity contribution is 0.0944. The fourth-order valence-electron chi connectivity index (χ4n) is 3.47. The molecule has 1 amide bonds. The number of nitrogens with one attached hydrogen (secondary N) is 1. The van der Waals surface area contributed by atoms with Gasteiger partial charge in [0, 0.05) is 40.9 Å². The molecule has 0 unspecified atom stereocenters. The van der Waals surface area contributed by atoms with Crippen molar-refractivity contribution in [2.24, 2.45) is 7.05 Å². The van der Waals surface area contributed by atoms with Crippen molar-refractivity contribution >= 4 is 17.7 Å². The van der Waals surface area contributed by atoms with Gasteiger partial charge in [0.25, 0.3) is 5.91 Å². The number of fused-ring (bicyclic) bond motifs is 3. The zero-order valence-electron chi connectivity index (χ0n) is 16.3. The molecule has 0 saturated heterocycles. The fourth-order valence-corrected chi connectivity index (χ4v) is 4.51. The van der Waals surface area contributed by atoms with Crippen LogP contribution in [0.5, 0.6) is 11.5 Å². The van der Waals surface area contributed by atoms with E-state index in [0.717, 1.165) is 27.3 Å². The summed E-state index contributed by atoms with van der Waals surface area (Å²) in [5, 5.41) is 7.33. The predicted octanol–water partition coefficient (Wildman–Crippen LogP) is 3.78. The van der Waals surface area contributed by atoms with Crippen LogP contribution in [0.2, 0.25) is 0 Å². The van der Waals surface area contributed by atoms with Gasteiger partial charge in [-0.1, -0.05) is 0 Å². The van der Waals surface area contributed by atoms with Gasteiger partial charge in [0.2, 0.25) is 0 Å². The Bertz CT molecular complexity index is 1100. The van der Waals surface area contributed by atoms with Gasteiger partial charge in [-0.15, -0.1) is 11.8 Å². The predicted molar refractivity (Wildman–Crippen MR) is 109 cm³/mol. The lowest BCUT2D eigenvalue weighted by Gasteiger charge is -2.17. The molecule has 0 fully saturated rings. The SMILES string of the molecule is COc1ccc(OC)c(CNC(=O)c2nn(C)c3c2CSc2ccc(F)cc2-3)c1. The van der Waals surface area contributed by atoms with Gasteiger partial charge in [-0.25, -0.2) is 4.39 Å². The van der Waals surface area contributed by atoms with Gasteiger partial charge >= 0.3 is 0 Å². The van der Waals surface area contributed by atoms with E-state index in [2.05, 4.69) is 10.4 Å². The second-order valence-corrected chi connectivity index (χ2v) is 7.61. The van der Waals surface area contributed by atoms with Gasteiger partial charge in [-0.3, -0.25) is 9.48 Å². The van der Waals surface area contributed by atoms with Crippen LogP contribution in [0.3, 0.4) is 0 Å². The molecule has 0 bridgehead atoms. The van der Waals surface area contributed by atoms with Crippen LogP contribution >= 0.6 is 11.8 Å². The minimum atomic E-state index is -0.311. The van der Waals surface area contributed by atoms with Crippen LogP contribution in [-0.4, -0.2) is 29.9 Å². The average Bonchev–Trinajstić information content (AvgIpc) is 3.08. The number of carbonyl (C=O) groups excluding carboxylic acids is 1. The van der Waals surface area contributed by atoms with Crippen molar-refractivity contribution in [2.45, 2.75) is 17.2 Å². The molecule has 29 heavy (non-hydrogen) atoms. The molecule has 3 aromatic rings. The number of benzene rings is 2. The number of methoxy groups -OCH3 is 2. The summed E-state index contributed by atoms with van der Waals surface area (Å²) in [5.41, 5.74) is 3.51. The van der Waals surface area contributed by atoms with Gasteiger partial charge in [0.15, 0.2) is 5.69 Å². The summed E-state index contributed by atoms with van der Waals surface area (Å²) in [6.45, 7) is 0.267. The highest BCUT2D eigenvalue weighted by Gasteiger charge is 2.28. The highest BCUT2D eigenvalue weighted by molar-refractivity contribution is 7.98. The number of hydrogen-bond donors (Lipinski definition) is 1. The first-order valence-corrected chi connectivity index (χ1v) is 9.98. The molecule has 2 heterocycles. The summed E-state index contributed by atoms with van der Waals surface area (Å²) in [7, 11) is 4.93. The Kier molecular flexibility index (Phi) is 5.19. The van der Waals surface area contributed by atoms with E-state index in [-0.39, 0.29) is 18.3 Å². The second kappa shape index (κ2) is 7.79. The van der Waals surface area contributed by atoms with Crippen LogP contribution < -0.4 is 14.8 Å². The number of thioether (sulfide) groups is 1. The molecule has 8 heteroatoms. The van der Waals surface area contributed by atoms with E-state index in [1.54, 1.807) is 55.9 Å². The largest absolute Gasteiger partial charge is 0.497 e. The van der Waals surface area contributed by atoms with Gasteiger partial charge in [0.05, 0.1) is 19.9 Å². The van der Waals surface area contributed by atoms with Gasteiger partial charge < -0.3 is 14.8 Å². The number of aryl methyl sites for hydroxylation is 1. The molecular weight excluding hydrogens is 393 g/mol. The van der Waals surface area contributed by atoms with E-state index >= 15 is 0 Å². The van der Waals surface area contributed by atoms with Gasteiger partial charge in [-0.2, -0.15) is 5.10 Å². The normalized spacial score (nSPS) is 12.1. The van der Waals surface area contributed by atoms with Crippen molar-refractivity contribution in [2.75, 3.05) is 14.2 Å². The smallest absolute Gasteiger partial charge is 0.272 e. The standard InChI is InChI=1S/C21H20FN3O3S/c1-25-20-15-9-13(22)4-7-18(15)29-11-16(20)19(24-25)21(26)23-10-12-8-14(27-2)5-6-17(12)28-3/h4-9H,10-11H2,1-3H3,(H,23,26). The third-order valence-corrected chi connectivity index (χ3v) is 5.96. The Morgan fingerprint density at radius 3 is 2.83 bits per heavy atom. The van der Waals surface area contributed by atoms with E-state index in [1.807, 2.05) is 6.07 Å². The Hall–Kier alpha value is -3.00. The number of halogens is 1. The number of rotatable bonds is 5. The maximum Gasteiger partial charge on any atom is 0.272 e. The molecule has 1 aliphatic rings. The molecule has 1 aliphatic heterocycles. The number of aromatic nitrogens is 2. The first-order chi connectivity index (χ1) is 14.0. The summed E-state index contributed by atoms with van der Waals surface area (Å²) >= 11 is 1.57. The third-order valence-electron chi connectivity index (χ3n) is 4.86. The lowest BCUT2D eigenvalue weighted by atomic mass is 10.1. The van der Waals surface area contributed by atoms with E-state index < -0.39 is 0 Å². The zero-order valence-corrected chi connectivity index (χ0v) is 17.1. The van der Waals surface area contributed by atoms with Crippen molar-refractivity contribution in [3.8, 4) is 22.8 Å². The van der Waals surface area contributed by atoms with E-state index in [4.69, 9.17) is 9.47 Å². The molecule has 6 nitrogen and oxygen atoms in total. The zero-order chi connectivity index (χ0) is 20.5. The Labute approximate surface area is 172 Å². The Morgan fingerprint density at radius 2 is 2.07 bits per heavy atom. The summed E-state index contributed by atoms with van der Waals surface area (Å²) in [6.07, 6.45) is 0. The number of carbonyl (C=O) groups is 1. The third kappa shape index (κ3) is 3.55. The number of ether oxygens (including phenoxy) is 2. The molecule has 0 atom stereocenters. The van der Waals surface area contributed by atoms with Crippen LogP contribution in [0.4, 0.5) is 4.39 Å². The van der Waals surface area contributed by atoms with Crippen molar-refractivity contribution < 1.29 is 18.7 Å². The molecule has 0 spiro atoms. The van der Waals surface area contributed by atoms with E-state index in [1.165, 1.54) is 12.1 Å². The minimum absolute atomic E-state index is 0.267. The quantitative estimate of drug-likeness (QED) is 0.690. The lowest BCUT2D eigenvalue weighted by Crippen LogP contribution is -2.24. The molecule has 4 rings (SSSR count). The van der Waals surface area contributed by atoms with Crippen molar-refractivity contribution in [1.29, 1.82) is 0 Å².